The number of hydrogen-bond donors (Lipinski definition) is 0. The molecule has 0 amide bonds. The SMILES string of the molecule is O=S1(=O)C=C(c2ccc(F)cc2F)CCO1. The summed E-state index contributed by atoms with van der Waals surface area (Å²) in [7, 11) is -3.73. The smallest absolute Gasteiger partial charge is 0.266 e. The lowest BCUT2D eigenvalue weighted by Gasteiger charge is -2.14. The molecule has 0 saturated carbocycles. The van der Waals surface area contributed by atoms with Crippen molar-refractivity contribution >= 4 is 15.7 Å². The van der Waals surface area contributed by atoms with Crippen molar-refractivity contribution in [3.63, 3.8) is 0 Å². The van der Waals surface area contributed by atoms with E-state index in [1.807, 2.05) is 0 Å². The van der Waals surface area contributed by atoms with E-state index < -0.39 is 21.8 Å². The van der Waals surface area contributed by atoms with Crippen LogP contribution in [0.1, 0.15) is 12.0 Å². The van der Waals surface area contributed by atoms with Crippen molar-refractivity contribution in [3.05, 3.63) is 40.8 Å². The van der Waals surface area contributed by atoms with Crippen molar-refractivity contribution in [3.8, 4) is 0 Å². The maximum absolute atomic E-state index is 13.4. The van der Waals surface area contributed by atoms with E-state index in [0.29, 0.717) is 5.57 Å². The summed E-state index contributed by atoms with van der Waals surface area (Å²) in [5.41, 5.74) is 0.386. The predicted octanol–water partition coefficient (Wildman–Crippen LogP) is 2.06. The molecule has 6 heteroatoms. The van der Waals surface area contributed by atoms with Crippen LogP contribution in [-0.2, 0) is 14.3 Å². The Morgan fingerprint density at radius 2 is 2.00 bits per heavy atom. The molecule has 3 nitrogen and oxygen atoms in total. The molecule has 0 radical (unpaired) electrons. The van der Waals surface area contributed by atoms with Crippen molar-refractivity contribution in [1.29, 1.82) is 0 Å². The van der Waals surface area contributed by atoms with Gasteiger partial charge in [-0.1, -0.05) is 0 Å². The van der Waals surface area contributed by atoms with E-state index in [4.69, 9.17) is 0 Å². The van der Waals surface area contributed by atoms with Gasteiger partial charge in [0.2, 0.25) is 0 Å². The first kappa shape index (κ1) is 11.2. The Kier molecular flexibility index (Phi) is 2.77. The Hall–Kier alpha value is -1.27. The fourth-order valence-electron chi connectivity index (χ4n) is 1.48. The quantitative estimate of drug-likeness (QED) is 0.712. The molecule has 0 aromatic heterocycles. The molecule has 86 valence electrons. The summed E-state index contributed by atoms with van der Waals surface area (Å²) in [4.78, 5) is 0. The van der Waals surface area contributed by atoms with E-state index in [1.165, 1.54) is 6.07 Å². The number of halogens is 2. The molecule has 0 bridgehead atoms. The summed E-state index contributed by atoms with van der Waals surface area (Å²) in [5.74, 6) is -1.47. The second-order valence-electron chi connectivity index (χ2n) is 3.33. The van der Waals surface area contributed by atoms with Crippen LogP contribution in [0.4, 0.5) is 8.78 Å². The lowest BCUT2D eigenvalue weighted by Crippen LogP contribution is -2.11. The average molecular weight is 246 g/mol. The van der Waals surface area contributed by atoms with E-state index >= 15 is 0 Å². The summed E-state index contributed by atoms with van der Waals surface area (Å²) in [6, 6.07) is 3.02. The van der Waals surface area contributed by atoms with Gasteiger partial charge in [0.15, 0.2) is 0 Å². The highest BCUT2D eigenvalue weighted by molar-refractivity contribution is 7.89. The third-order valence-electron chi connectivity index (χ3n) is 2.18. The standard InChI is InChI=1S/C10H8F2O3S/c11-8-1-2-9(10(12)5-8)7-3-4-15-16(13,14)6-7/h1-2,5-6H,3-4H2. The van der Waals surface area contributed by atoms with Crippen LogP contribution in [-0.4, -0.2) is 15.0 Å². The van der Waals surface area contributed by atoms with Crippen LogP contribution in [0.5, 0.6) is 0 Å². The van der Waals surface area contributed by atoms with E-state index in [-0.39, 0.29) is 18.6 Å². The third-order valence-corrected chi connectivity index (χ3v) is 3.25. The minimum Gasteiger partial charge on any atom is -0.266 e. The molecule has 1 heterocycles. The van der Waals surface area contributed by atoms with Crippen LogP contribution in [0.3, 0.4) is 0 Å². The minimum absolute atomic E-state index is 0.0228. The fraction of sp³-hybridized carbons (Fsp3) is 0.200. The van der Waals surface area contributed by atoms with Gasteiger partial charge in [0.05, 0.1) is 12.0 Å². The molecule has 1 aliphatic heterocycles. The van der Waals surface area contributed by atoms with Crippen LogP contribution in [0.15, 0.2) is 23.6 Å². The topological polar surface area (TPSA) is 43.4 Å². The summed E-state index contributed by atoms with van der Waals surface area (Å²) in [5, 5.41) is 0.868. The summed E-state index contributed by atoms with van der Waals surface area (Å²) < 4.78 is 52.7. The zero-order valence-corrected chi connectivity index (χ0v) is 8.93. The lowest BCUT2D eigenvalue weighted by atomic mass is 10.0. The molecule has 0 fully saturated rings. The molecule has 0 spiro atoms. The van der Waals surface area contributed by atoms with Gasteiger partial charge in [0.25, 0.3) is 10.1 Å². The first-order valence-corrected chi connectivity index (χ1v) is 6.00. The molecule has 1 aromatic carbocycles. The first-order valence-electron chi connectivity index (χ1n) is 4.53. The van der Waals surface area contributed by atoms with Crippen molar-refractivity contribution in [2.45, 2.75) is 6.42 Å². The molecular weight excluding hydrogens is 238 g/mol. The second kappa shape index (κ2) is 3.95. The lowest BCUT2D eigenvalue weighted by molar-refractivity contribution is 0.328. The van der Waals surface area contributed by atoms with Gasteiger partial charge in [-0.3, -0.25) is 4.18 Å². The molecule has 0 N–H and O–H groups in total. The van der Waals surface area contributed by atoms with Crippen molar-refractivity contribution in [2.75, 3.05) is 6.61 Å². The third kappa shape index (κ3) is 2.28. The van der Waals surface area contributed by atoms with Gasteiger partial charge >= 0.3 is 0 Å². The molecule has 0 atom stereocenters. The first-order chi connectivity index (χ1) is 7.48. The second-order valence-corrected chi connectivity index (χ2v) is 4.79. The zero-order valence-electron chi connectivity index (χ0n) is 8.11. The Bertz CT molecular complexity index is 549. The molecule has 0 aliphatic carbocycles. The normalized spacial score (nSPS) is 19.2. The van der Waals surface area contributed by atoms with Crippen LogP contribution >= 0.6 is 0 Å². The van der Waals surface area contributed by atoms with E-state index in [9.17, 15) is 17.2 Å². The summed E-state index contributed by atoms with van der Waals surface area (Å²) in [6.07, 6.45) is 0.280. The predicted molar refractivity (Wildman–Crippen MR) is 53.8 cm³/mol. The van der Waals surface area contributed by atoms with Gasteiger partial charge in [-0.2, -0.15) is 8.42 Å². The van der Waals surface area contributed by atoms with Crippen molar-refractivity contribution in [2.24, 2.45) is 0 Å². The minimum atomic E-state index is -3.73. The Morgan fingerprint density at radius 1 is 1.25 bits per heavy atom. The van der Waals surface area contributed by atoms with Gasteiger partial charge in [-0.15, -0.1) is 0 Å². The Balaban J connectivity index is 2.49. The van der Waals surface area contributed by atoms with Gasteiger partial charge in [0, 0.05) is 11.6 Å². The molecule has 0 saturated heterocycles. The monoisotopic (exact) mass is 246 g/mol. The molecule has 16 heavy (non-hydrogen) atoms. The average Bonchev–Trinajstić information content (AvgIpc) is 2.15. The highest BCUT2D eigenvalue weighted by Crippen LogP contribution is 2.26. The Morgan fingerprint density at radius 3 is 2.62 bits per heavy atom. The number of rotatable bonds is 1. The van der Waals surface area contributed by atoms with Gasteiger partial charge < -0.3 is 0 Å². The van der Waals surface area contributed by atoms with Crippen molar-refractivity contribution < 1.29 is 21.4 Å². The summed E-state index contributed by atoms with van der Waals surface area (Å²) >= 11 is 0. The molecule has 1 aliphatic rings. The van der Waals surface area contributed by atoms with E-state index in [2.05, 4.69) is 4.18 Å². The van der Waals surface area contributed by atoms with Crippen LogP contribution < -0.4 is 0 Å². The van der Waals surface area contributed by atoms with E-state index in [1.54, 1.807) is 0 Å². The summed E-state index contributed by atoms with van der Waals surface area (Å²) in [6.45, 7) is -0.0228. The fourth-order valence-corrected chi connectivity index (χ4v) is 2.46. The zero-order chi connectivity index (χ0) is 11.8. The van der Waals surface area contributed by atoms with Crippen LogP contribution in [0.2, 0.25) is 0 Å². The molecular formula is C10H8F2O3S. The molecule has 1 aromatic rings. The Labute approximate surface area is 91.5 Å². The highest BCUT2D eigenvalue weighted by atomic mass is 32.2. The molecule has 2 rings (SSSR count). The molecule has 0 unspecified atom stereocenters. The maximum Gasteiger partial charge on any atom is 0.290 e. The van der Waals surface area contributed by atoms with Crippen LogP contribution in [0.25, 0.3) is 5.57 Å². The van der Waals surface area contributed by atoms with Gasteiger partial charge in [-0.05, 0) is 24.1 Å². The van der Waals surface area contributed by atoms with E-state index in [0.717, 1.165) is 17.5 Å². The maximum atomic E-state index is 13.4. The number of hydrogen-bond acceptors (Lipinski definition) is 3. The number of benzene rings is 1. The van der Waals surface area contributed by atoms with Gasteiger partial charge in [-0.25, -0.2) is 8.78 Å². The van der Waals surface area contributed by atoms with Crippen molar-refractivity contribution in [1.82, 2.24) is 0 Å². The van der Waals surface area contributed by atoms with Crippen LogP contribution in [0, 0.1) is 11.6 Å². The highest BCUT2D eigenvalue weighted by Gasteiger charge is 2.19. The largest absolute Gasteiger partial charge is 0.290 e. The van der Waals surface area contributed by atoms with Gasteiger partial charge in [0.1, 0.15) is 11.6 Å².